The zero-order valence-corrected chi connectivity index (χ0v) is 14.5. The maximum absolute atomic E-state index is 12.3. The van der Waals surface area contributed by atoms with Gasteiger partial charge in [-0.05, 0) is 44.5 Å². The van der Waals surface area contributed by atoms with Gasteiger partial charge < -0.3 is 20.7 Å². The average Bonchev–Trinajstić information content (AvgIpc) is 2.67. The van der Waals surface area contributed by atoms with Gasteiger partial charge in [-0.1, -0.05) is 0 Å². The molecule has 0 bridgehead atoms. The largest absolute Gasteiger partial charge is 0.444 e. The molecule has 126 valence electrons. The van der Waals surface area contributed by atoms with Crippen molar-refractivity contribution in [3.05, 3.63) is 23.8 Å². The lowest BCUT2D eigenvalue weighted by atomic mass is 10.1. The summed E-state index contributed by atoms with van der Waals surface area (Å²) in [4.78, 5) is 18.2. The third-order valence-electron chi connectivity index (χ3n) is 3.21. The van der Waals surface area contributed by atoms with Gasteiger partial charge in [-0.15, -0.1) is 11.6 Å². The zero-order chi connectivity index (χ0) is 17.0. The van der Waals surface area contributed by atoms with Crippen LogP contribution in [0.5, 0.6) is 0 Å². The molecule has 0 fully saturated rings. The molecule has 0 saturated carbocycles. The molecule has 1 heterocycles. The number of fused-ring (bicyclic) bond motifs is 1. The van der Waals surface area contributed by atoms with E-state index in [1.807, 2.05) is 39.0 Å². The minimum atomic E-state index is -0.513. The molecule has 0 aromatic heterocycles. The van der Waals surface area contributed by atoms with E-state index < -0.39 is 5.60 Å². The standard InChI is InChI=1S/C16H23ClN4O2/c1-16(2,3)23-15(22)21-7-6-19-13-5-4-12(8-11(13)10-21)20-14(18)9-17/h4-5,8,19H,6-7,9-10H2,1-3H3,(H2,18,20). The van der Waals surface area contributed by atoms with Crippen molar-refractivity contribution in [2.24, 2.45) is 10.7 Å². The third-order valence-corrected chi connectivity index (χ3v) is 3.48. The fourth-order valence-electron chi connectivity index (χ4n) is 2.24. The first-order valence-corrected chi connectivity index (χ1v) is 8.05. The molecule has 1 aromatic carbocycles. The number of hydrogen-bond acceptors (Lipinski definition) is 4. The minimum Gasteiger partial charge on any atom is -0.444 e. The Morgan fingerprint density at radius 1 is 1.48 bits per heavy atom. The van der Waals surface area contributed by atoms with Crippen LogP contribution in [0.4, 0.5) is 16.2 Å². The maximum atomic E-state index is 12.3. The van der Waals surface area contributed by atoms with Crippen LogP contribution in [0.25, 0.3) is 0 Å². The molecular formula is C16H23ClN4O2. The smallest absolute Gasteiger partial charge is 0.410 e. The number of benzene rings is 1. The normalized spacial score (nSPS) is 15.5. The van der Waals surface area contributed by atoms with Gasteiger partial charge in [-0.25, -0.2) is 9.79 Å². The average molecular weight is 339 g/mol. The third kappa shape index (κ3) is 5.03. The Morgan fingerprint density at radius 2 is 2.22 bits per heavy atom. The molecule has 0 aliphatic carbocycles. The highest BCUT2D eigenvalue weighted by atomic mass is 35.5. The predicted octanol–water partition coefficient (Wildman–Crippen LogP) is 3.08. The molecule has 1 aliphatic rings. The number of halogens is 1. The number of carbonyl (C=O) groups excluding carboxylic acids is 1. The Balaban J connectivity index is 2.21. The second-order valence-electron chi connectivity index (χ2n) is 6.41. The lowest BCUT2D eigenvalue weighted by Gasteiger charge is -2.26. The first-order chi connectivity index (χ1) is 10.8. The van der Waals surface area contributed by atoms with Crippen molar-refractivity contribution in [3.8, 4) is 0 Å². The number of rotatable bonds is 2. The van der Waals surface area contributed by atoms with E-state index in [9.17, 15) is 4.79 Å². The Morgan fingerprint density at radius 3 is 2.87 bits per heavy atom. The van der Waals surface area contributed by atoms with E-state index in [1.165, 1.54) is 0 Å². The van der Waals surface area contributed by atoms with Crippen LogP contribution in [-0.2, 0) is 11.3 Å². The summed E-state index contributed by atoms with van der Waals surface area (Å²) >= 11 is 5.66. The molecule has 0 spiro atoms. The van der Waals surface area contributed by atoms with Crippen molar-refractivity contribution >= 4 is 34.9 Å². The number of nitrogens with zero attached hydrogens (tertiary/aromatic N) is 2. The van der Waals surface area contributed by atoms with Gasteiger partial charge in [0, 0.05) is 18.8 Å². The number of carbonyl (C=O) groups is 1. The van der Waals surface area contributed by atoms with Crippen molar-refractivity contribution in [1.29, 1.82) is 0 Å². The van der Waals surface area contributed by atoms with Crippen molar-refractivity contribution in [3.63, 3.8) is 0 Å². The number of aliphatic imine (C=N–C) groups is 1. The quantitative estimate of drug-likeness (QED) is 0.493. The van der Waals surface area contributed by atoms with E-state index in [0.717, 1.165) is 16.9 Å². The fraction of sp³-hybridized carbons (Fsp3) is 0.500. The first kappa shape index (κ1) is 17.4. The first-order valence-electron chi connectivity index (χ1n) is 7.52. The molecule has 1 aromatic rings. The monoisotopic (exact) mass is 338 g/mol. The van der Waals surface area contributed by atoms with Gasteiger partial charge in [0.1, 0.15) is 11.4 Å². The molecule has 3 N–H and O–H groups in total. The van der Waals surface area contributed by atoms with Gasteiger partial charge in [0.2, 0.25) is 0 Å². The van der Waals surface area contributed by atoms with Crippen LogP contribution in [0.3, 0.4) is 0 Å². The van der Waals surface area contributed by atoms with Gasteiger partial charge in [0.15, 0.2) is 0 Å². The van der Waals surface area contributed by atoms with E-state index in [-0.39, 0.29) is 12.0 Å². The number of nitrogens with two attached hydrogens (primary N) is 1. The van der Waals surface area contributed by atoms with Crippen LogP contribution in [0.1, 0.15) is 26.3 Å². The maximum Gasteiger partial charge on any atom is 0.410 e. The second kappa shape index (κ2) is 7.08. The van der Waals surface area contributed by atoms with Gasteiger partial charge in [0.05, 0.1) is 18.1 Å². The minimum absolute atomic E-state index is 0.180. The van der Waals surface area contributed by atoms with Gasteiger partial charge in [-0.2, -0.15) is 0 Å². The Labute approximate surface area is 141 Å². The molecule has 0 atom stereocenters. The summed E-state index contributed by atoms with van der Waals surface area (Å²) in [5.41, 5.74) is 7.83. The summed E-state index contributed by atoms with van der Waals surface area (Å²) in [6.07, 6.45) is -0.318. The number of alkyl halides is 1. The van der Waals surface area contributed by atoms with E-state index in [0.29, 0.717) is 25.5 Å². The van der Waals surface area contributed by atoms with E-state index in [1.54, 1.807) is 4.90 Å². The molecule has 2 rings (SSSR count). The summed E-state index contributed by atoms with van der Waals surface area (Å²) in [6.45, 7) is 7.27. The number of amidine groups is 1. The van der Waals surface area contributed by atoms with Crippen LogP contribution in [-0.4, -0.2) is 41.4 Å². The zero-order valence-electron chi connectivity index (χ0n) is 13.7. The molecule has 1 amide bonds. The van der Waals surface area contributed by atoms with E-state index in [4.69, 9.17) is 22.1 Å². The molecule has 23 heavy (non-hydrogen) atoms. The van der Waals surface area contributed by atoms with Crippen molar-refractivity contribution in [2.75, 3.05) is 24.3 Å². The molecular weight excluding hydrogens is 316 g/mol. The fourth-order valence-corrected chi connectivity index (χ4v) is 2.30. The van der Waals surface area contributed by atoms with Gasteiger partial charge in [-0.3, -0.25) is 0 Å². The summed E-state index contributed by atoms with van der Waals surface area (Å²) < 4.78 is 5.45. The van der Waals surface area contributed by atoms with Crippen LogP contribution in [0, 0.1) is 0 Å². The summed E-state index contributed by atoms with van der Waals surface area (Å²) in [6, 6.07) is 5.72. The lowest BCUT2D eigenvalue weighted by Crippen LogP contribution is -2.37. The van der Waals surface area contributed by atoms with Crippen LogP contribution >= 0.6 is 11.6 Å². The van der Waals surface area contributed by atoms with Crippen molar-refractivity contribution in [2.45, 2.75) is 32.9 Å². The number of ether oxygens (including phenoxy) is 1. The van der Waals surface area contributed by atoms with Crippen molar-refractivity contribution in [1.82, 2.24) is 4.90 Å². The highest BCUT2D eigenvalue weighted by molar-refractivity contribution is 6.28. The SMILES string of the molecule is CC(C)(C)OC(=O)N1CCNc2ccc(N=C(N)CCl)cc2C1. The Bertz CT molecular complexity index is 611. The molecule has 0 unspecified atom stereocenters. The van der Waals surface area contributed by atoms with E-state index >= 15 is 0 Å². The topological polar surface area (TPSA) is 80.0 Å². The van der Waals surface area contributed by atoms with E-state index in [2.05, 4.69) is 10.3 Å². The van der Waals surface area contributed by atoms with Crippen LogP contribution in [0.15, 0.2) is 23.2 Å². The Kier molecular flexibility index (Phi) is 5.36. The predicted molar refractivity (Wildman–Crippen MR) is 93.6 cm³/mol. The Hall–Kier alpha value is -1.95. The molecule has 6 nitrogen and oxygen atoms in total. The molecule has 1 aliphatic heterocycles. The lowest BCUT2D eigenvalue weighted by molar-refractivity contribution is 0.0245. The summed E-state index contributed by atoms with van der Waals surface area (Å²) in [5, 5.41) is 3.31. The van der Waals surface area contributed by atoms with Gasteiger partial charge >= 0.3 is 6.09 Å². The number of anilines is 1. The second-order valence-corrected chi connectivity index (χ2v) is 6.67. The highest BCUT2D eigenvalue weighted by Crippen LogP contribution is 2.26. The molecule has 0 radical (unpaired) electrons. The number of amides is 1. The molecule has 7 heteroatoms. The highest BCUT2D eigenvalue weighted by Gasteiger charge is 2.24. The number of hydrogen-bond donors (Lipinski definition) is 2. The summed E-state index contributed by atoms with van der Waals surface area (Å²) in [5.74, 6) is 0.538. The summed E-state index contributed by atoms with van der Waals surface area (Å²) in [7, 11) is 0. The van der Waals surface area contributed by atoms with Crippen LogP contribution in [0.2, 0.25) is 0 Å². The number of nitrogens with one attached hydrogen (secondary N) is 1. The van der Waals surface area contributed by atoms with Crippen molar-refractivity contribution < 1.29 is 9.53 Å². The van der Waals surface area contributed by atoms with Crippen LogP contribution < -0.4 is 11.1 Å². The molecule has 0 saturated heterocycles. The van der Waals surface area contributed by atoms with Gasteiger partial charge in [0.25, 0.3) is 0 Å².